The van der Waals surface area contributed by atoms with Gasteiger partial charge < -0.3 is 10.1 Å². The topological polar surface area (TPSA) is 90.3 Å². The van der Waals surface area contributed by atoms with Crippen molar-refractivity contribution in [2.24, 2.45) is 0 Å². The van der Waals surface area contributed by atoms with Gasteiger partial charge in [-0.15, -0.1) is 11.3 Å². The number of hydrogen-bond donors (Lipinski definition) is 1. The van der Waals surface area contributed by atoms with Gasteiger partial charge in [0.25, 0.3) is 5.56 Å². The third-order valence-corrected chi connectivity index (χ3v) is 5.90. The minimum Gasteiger partial charge on any atom is -0.463 e. The SMILES string of the molecule is Cc1ccc(-c2csc3ncn(CCC(=O)OCC4CCC(=O)N4)c(=O)c23)cc1. The summed E-state index contributed by atoms with van der Waals surface area (Å²) < 4.78 is 6.67. The second kappa shape index (κ2) is 8.16. The normalized spacial score (nSPS) is 16.2. The number of carbonyl (C=O) groups excluding carboxylic acids is 2. The zero-order valence-corrected chi connectivity index (χ0v) is 16.8. The van der Waals surface area contributed by atoms with E-state index in [9.17, 15) is 14.4 Å². The van der Waals surface area contributed by atoms with E-state index in [1.54, 1.807) is 0 Å². The average molecular weight is 411 g/mol. The van der Waals surface area contributed by atoms with E-state index in [4.69, 9.17) is 4.74 Å². The molecule has 1 saturated heterocycles. The summed E-state index contributed by atoms with van der Waals surface area (Å²) in [5.74, 6) is -0.417. The number of nitrogens with one attached hydrogen (secondary N) is 1. The molecule has 1 unspecified atom stereocenters. The van der Waals surface area contributed by atoms with Crippen LogP contribution in [0.3, 0.4) is 0 Å². The fourth-order valence-electron chi connectivity index (χ4n) is 3.35. The molecule has 29 heavy (non-hydrogen) atoms. The second-order valence-electron chi connectivity index (χ2n) is 7.17. The first-order chi connectivity index (χ1) is 14.0. The molecule has 1 aliphatic rings. The Morgan fingerprint density at radius 1 is 1.31 bits per heavy atom. The summed E-state index contributed by atoms with van der Waals surface area (Å²) in [6, 6.07) is 7.89. The van der Waals surface area contributed by atoms with E-state index in [-0.39, 0.29) is 37.1 Å². The predicted molar refractivity (Wildman–Crippen MR) is 111 cm³/mol. The predicted octanol–water partition coefficient (Wildman–Crippen LogP) is 2.65. The summed E-state index contributed by atoms with van der Waals surface area (Å²) in [7, 11) is 0. The highest BCUT2D eigenvalue weighted by Gasteiger charge is 2.22. The number of fused-ring (bicyclic) bond motifs is 1. The van der Waals surface area contributed by atoms with Gasteiger partial charge in [-0.25, -0.2) is 4.98 Å². The van der Waals surface area contributed by atoms with E-state index in [1.807, 2.05) is 36.6 Å². The van der Waals surface area contributed by atoms with Gasteiger partial charge in [-0.1, -0.05) is 29.8 Å². The molecule has 150 valence electrons. The summed E-state index contributed by atoms with van der Waals surface area (Å²) in [6.07, 6.45) is 2.68. The lowest BCUT2D eigenvalue weighted by atomic mass is 10.1. The Bertz CT molecular complexity index is 1120. The van der Waals surface area contributed by atoms with Crippen molar-refractivity contribution in [3.63, 3.8) is 0 Å². The number of esters is 1. The largest absolute Gasteiger partial charge is 0.463 e. The number of rotatable bonds is 6. The van der Waals surface area contributed by atoms with Gasteiger partial charge in [0.2, 0.25) is 5.91 Å². The van der Waals surface area contributed by atoms with E-state index >= 15 is 0 Å². The molecule has 2 aromatic heterocycles. The highest BCUT2D eigenvalue weighted by atomic mass is 32.1. The number of benzene rings is 1. The minimum atomic E-state index is -0.401. The Balaban J connectivity index is 1.46. The van der Waals surface area contributed by atoms with Crippen LogP contribution < -0.4 is 10.9 Å². The maximum atomic E-state index is 13.0. The zero-order chi connectivity index (χ0) is 20.4. The summed E-state index contributed by atoms with van der Waals surface area (Å²) in [6.45, 7) is 2.38. The van der Waals surface area contributed by atoms with Crippen LogP contribution in [-0.4, -0.2) is 34.1 Å². The smallest absolute Gasteiger partial charge is 0.307 e. The molecule has 0 bridgehead atoms. The first kappa shape index (κ1) is 19.3. The van der Waals surface area contributed by atoms with Crippen molar-refractivity contribution in [1.82, 2.24) is 14.9 Å². The monoisotopic (exact) mass is 411 g/mol. The van der Waals surface area contributed by atoms with Crippen LogP contribution in [-0.2, 0) is 20.9 Å². The van der Waals surface area contributed by atoms with E-state index in [0.29, 0.717) is 23.1 Å². The molecule has 0 saturated carbocycles. The molecule has 1 atom stereocenters. The first-order valence-electron chi connectivity index (χ1n) is 9.50. The second-order valence-corrected chi connectivity index (χ2v) is 8.03. The van der Waals surface area contributed by atoms with E-state index in [1.165, 1.54) is 22.2 Å². The number of aryl methyl sites for hydroxylation is 2. The number of nitrogens with zero attached hydrogens (tertiary/aromatic N) is 2. The Morgan fingerprint density at radius 2 is 2.10 bits per heavy atom. The quantitative estimate of drug-likeness (QED) is 0.630. The summed E-state index contributed by atoms with van der Waals surface area (Å²) >= 11 is 1.43. The Kier molecular flexibility index (Phi) is 5.44. The van der Waals surface area contributed by atoms with Gasteiger partial charge in [-0.2, -0.15) is 0 Å². The minimum absolute atomic E-state index is 0.0166. The molecule has 8 heteroatoms. The van der Waals surface area contributed by atoms with Crippen LogP contribution in [0.15, 0.2) is 40.8 Å². The Labute approximate surface area is 171 Å². The van der Waals surface area contributed by atoms with Gasteiger partial charge >= 0.3 is 5.97 Å². The van der Waals surface area contributed by atoms with Gasteiger partial charge in [0.15, 0.2) is 0 Å². The molecule has 0 spiro atoms. The van der Waals surface area contributed by atoms with Gasteiger partial charge in [-0.05, 0) is 18.9 Å². The third-order valence-electron chi connectivity index (χ3n) is 5.01. The van der Waals surface area contributed by atoms with Crippen molar-refractivity contribution < 1.29 is 14.3 Å². The summed E-state index contributed by atoms with van der Waals surface area (Å²) in [5, 5.41) is 5.27. The summed E-state index contributed by atoms with van der Waals surface area (Å²) in [4.78, 5) is 41.3. The molecule has 3 heterocycles. The van der Waals surface area contributed by atoms with E-state index in [2.05, 4.69) is 10.3 Å². The van der Waals surface area contributed by atoms with Crippen molar-refractivity contribution >= 4 is 33.4 Å². The number of hydrogen-bond acceptors (Lipinski definition) is 6. The van der Waals surface area contributed by atoms with Crippen molar-refractivity contribution in [2.45, 2.75) is 38.8 Å². The molecule has 1 aromatic carbocycles. The van der Waals surface area contributed by atoms with Crippen LogP contribution in [0.25, 0.3) is 21.3 Å². The lowest BCUT2D eigenvalue weighted by molar-refractivity contribution is -0.144. The van der Waals surface area contributed by atoms with Gasteiger partial charge in [-0.3, -0.25) is 19.0 Å². The molecular formula is C21H21N3O4S. The molecule has 0 aliphatic carbocycles. The molecule has 1 N–H and O–H groups in total. The maximum Gasteiger partial charge on any atom is 0.307 e. The van der Waals surface area contributed by atoms with Crippen LogP contribution in [0.2, 0.25) is 0 Å². The van der Waals surface area contributed by atoms with Gasteiger partial charge in [0.1, 0.15) is 11.4 Å². The van der Waals surface area contributed by atoms with Crippen molar-refractivity contribution in [3.8, 4) is 11.1 Å². The van der Waals surface area contributed by atoms with Crippen LogP contribution in [0.4, 0.5) is 0 Å². The van der Waals surface area contributed by atoms with Gasteiger partial charge in [0.05, 0.1) is 24.2 Å². The highest BCUT2D eigenvalue weighted by molar-refractivity contribution is 7.17. The van der Waals surface area contributed by atoms with Gasteiger partial charge in [0, 0.05) is 23.9 Å². The number of ether oxygens (including phenoxy) is 1. The van der Waals surface area contributed by atoms with Crippen molar-refractivity contribution in [1.29, 1.82) is 0 Å². The molecule has 0 radical (unpaired) electrons. The fraction of sp³-hybridized carbons (Fsp3) is 0.333. The zero-order valence-electron chi connectivity index (χ0n) is 16.0. The summed E-state index contributed by atoms with van der Waals surface area (Å²) in [5.41, 5.74) is 2.81. The third kappa shape index (κ3) is 4.22. The van der Waals surface area contributed by atoms with Crippen molar-refractivity contribution in [3.05, 3.63) is 51.9 Å². The molecule has 4 rings (SSSR count). The lowest BCUT2D eigenvalue weighted by Gasteiger charge is -2.11. The molecule has 7 nitrogen and oxygen atoms in total. The maximum absolute atomic E-state index is 13.0. The average Bonchev–Trinajstić information content (AvgIpc) is 3.33. The fourth-order valence-corrected chi connectivity index (χ4v) is 4.26. The van der Waals surface area contributed by atoms with Crippen LogP contribution in [0, 0.1) is 6.92 Å². The molecule has 1 amide bonds. The molecular weight excluding hydrogens is 390 g/mol. The van der Waals surface area contributed by atoms with Crippen LogP contribution >= 0.6 is 11.3 Å². The molecule has 1 fully saturated rings. The standard InChI is InChI=1S/C21H21N3O4S/c1-13-2-4-14(5-3-13)16-11-29-20-19(16)21(27)24(12-22-20)9-8-18(26)28-10-15-6-7-17(25)23-15/h2-5,11-12,15H,6-10H2,1H3,(H,23,25). The van der Waals surface area contributed by atoms with E-state index < -0.39 is 5.97 Å². The molecule has 3 aromatic rings. The molecule has 1 aliphatic heterocycles. The number of amides is 1. The highest BCUT2D eigenvalue weighted by Crippen LogP contribution is 2.30. The number of carbonyl (C=O) groups is 2. The van der Waals surface area contributed by atoms with E-state index in [0.717, 1.165) is 16.7 Å². The Hall–Kier alpha value is -3.00. The van der Waals surface area contributed by atoms with Crippen LogP contribution in [0.1, 0.15) is 24.8 Å². The first-order valence-corrected chi connectivity index (χ1v) is 10.4. The lowest BCUT2D eigenvalue weighted by Crippen LogP contribution is -2.31. The van der Waals surface area contributed by atoms with Crippen molar-refractivity contribution in [2.75, 3.05) is 6.61 Å². The number of aromatic nitrogens is 2. The Morgan fingerprint density at radius 3 is 2.83 bits per heavy atom. The number of thiophene rings is 1. The van der Waals surface area contributed by atoms with Crippen LogP contribution in [0.5, 0.6) is 0 Å².